The first-order chi connectivity index (χ1) is 13.2. The Balaban J connectivity index is 1.88. The van der Waals surface area contributed by atoms with Gasteiger partial charge in [0.2, 0.25) is 0 Å². The molecule has 0 aliphatic heterocycles. The number of aromatic nitrogens is 2. The molecule has 0 bridgehead atoms. The molecule has 146 valence electrons. The third-order valence-corrected chi connectivity index (χ3v) is 6.21. The lowest BCUT2D eigenvalue weighted by molar-refractivity contribution is 0.0601. The summed E-state index contributed by atoms with van der Waals surface area (Å²) in [6.45, 7) is 0. The van der Waals surface area contributed by atoms with Crippen LogP contribution in [0.5, 0.6) is 0 Å². The van der Waals surface area contributed by atoms with Gasteiger partial charge in [0.25, 0.3) is 10.0 Å². The van der Waals surface area contributed by atoms with Gasteiger partial charge in [-0.25, -0.2) is 18.0 Å². The zero-order chi connectivity index (χ0) is 20.5. The van der Waals surface area contributed by atoms with Gasteiger partial charge in [-0.2, -0.15) is 5.10 Å². The number of esters is 1. The lowest BCUT2D eigenvalue weighted by Gasteiger charge is -2.09. The van der Waals surface area contributed by atoms with Gasteiger partial charge in [-0.1, -0.05) is 12.1 Å². The van der Waals surface area contributed by atoms with E-state index in [1.807, 2.05) is 0 Å². The normalized spacial score (nSPS) is 11.2. The maximum absolute atomic E-state index is 12.6. The van der Waals surface area contributed by atoms with E-state index >= 15 is 0 Å². The summed E-state index contributed by atoms with van der Waals surface area (Å²) in [7, 11) is -1.22. The molecule has 2 aromatic heterocycles. The molecule has 0 aliphatic rings. The molecule has 0 aliphatic carbocycles. The number of nitrogens with zero attached hydrogens (tertiary/aromatic N) is 2. The first-order valence-corrected chi connectivity index (χ1v) is 10.1. The Kier molecular flexibility index (Phi) is 5.21. The third kappa shape index (κ3) is 3.75. The largest absolute Gasteiger partial charge is 0.478 e. The van der Waals surface area contributed by atoms with Crippen LogP contribution in [0.25, 0.3) is 11.3 Å². The number of benzene rings is 1. The minimum Gasteiger partial charge on any atom is -0.478 e. The van der Waals surface area contributed by atoms with E-state index < -0.39 is 22.0 Å². The highest BCUT2D eigenvalue weighted by atomic mass is 32.2. The topological polar surface area (TPSA) is 128 Å². The van der Waals surface area contributed by atoms with Crippen LogP contribution >= 0.6 is 11.3 Å². The number of sulfonamides is 1. The van der Waals surface area contributed by atoms with Crippen molar-refractivity contribution in [2.45, 2.75) is 4.90 Å². The van der Waals surface area contributed by atoms with E-state index in [9.17, 15) is 23.1 Å². The summed E-state index contributed by atoms with van der Waals surface area (Å²) in [5, 5.41) is 14.9. The molecule has 0 unspecified atom stereocenters. The number of ether oxygens (including phenoxy) is 1. The van der Waals surface area contributed by atoms with Gasteiger partial charge in [0.1, 0.15) is 21.0 Å². The fourth-order valence-corrected chi connectivity index (χ4v) is 4.91. The Bertz CT molecular complexity index is 1150. The summed E-state index contributed by atoms with van der Waals surface area (Å²) in [4.78, 5) is 22.9. The van der Waals surface area contributed by atoms with Crippen molar-refractivity contribution in [1.82, 2.24) is 9.78 Å². The number of carbonyl (C=O) groups is 2. The predicted molar refractivity (Wildman–Crippen MR) is 102 cm³/mol. The van der Waals surface area contributed by atoms with E-state index in [1.54, 1.807) is 19.2 Å². The van der Waals surface area contributed by atoms with Crippen molar-refractivity contribution in [2.24, 2.45) is 7.05 Å². The standard InChI is InChI=1S/C17H15N3O6S2/c1-20-9-12(16(21)22)14(18-20)10-3-5-11(6-4-10)19-28(24,25)13-7-8-27-15(13)17(23)26-2/h3-9,19H,1-2H3,(H,21,22). The van der Waals surface area contributed by atoms with Gasteiger partial charge in [0, 0.05) is 24.5 Å². The molecule has 28 heavy (non-hydrogen) atoms. The summed E-state index contributed by atoms with van der Waals surface area (Å²) in [5.74, 6) is -1.84. The van der Waals surface area contributed by atoms with Crippen LogP contribution < -0.4 is 4.72 Å². The average molecular weight is 421 g/mol. The first-order valence-electron chi connectivity index (χ1n) is 7.79. The Hall–Kier alpha value is -3.18. The van der Waals surface area contributed by atoms with Gasteiger partial charge < -0.3 is 9.84 Å². The van der Waals surface area contributed by atoms with Gasteiger partial charge in [0.05, 0.1) is 7.11 Å². The van der Waals surface area contributed by atoms with Crippen LogP contribution in [0.2, 0.25) is 0 Å². The van der Waals surface area contributed by atoms with Gasteiger partial charge in [0.15, 0.2) is 0 Å². The molecule has 11 heteroatoms. The van der Waals surface area contributed by atoms with Gasteiger partial charge >= 0.3 is 11.9 Å². The quantitative estimate of drug-likeness (QED) is 0.585. The minimum atomic E-state index is -4.01. The minimum absolute atomic E-state index is 0.0220. The summed E-state index contributed by atoms with van der Waals surface area (Å²) < 4.78 is 33.6. The summed E-state index contributed by atoms with van der Waals surface area (Å²) in [6.07, 6.45) is 1.39. The molecule has 2 N–H and O–H groups in total. The maximum atomic E-state index is 12.6. The molecular weight excluding hydrogens is 406 g/mol. The van der Waals surface area contributed by atoms with Crippen LogP contribution in [0.1, 0.15) is 20.0 Å². The first kappa shape index (κ1) is 19.6. The number of hydrogen-bond donors (Lipinski definition) is 2. The second-order valence-corrected chi connectivity index (χ2v) is 8.23. The van der Waals surface area contributed by atoms with E-state index in [0.717, 1.165) is 11.3 Å². The smallest absolute Gasteiger partial charge is 0.349 e. The molecule has 0 saturated heterocycles. The fourth-order valence-electron chi connectivity index (χ4n) is 2.52. The number of thiophene rings is 1. The van der Waals surface area contributed by atoms with Crippen LogP contribution in [0, 0.1) is 0 Å². The Labute approximate surface area is 164 Å². The molecule has 3 aromatic rings. The molecule has 9 nitrogen and oxygen atoms in total. The highest BCUT2D eigenvalue weighted by molar-refractivity contribution is 7.93. The van der Waals surface area contributed by atoms with Crippen molar-refractivity contribution in [3.05, 3.63) is 52.3 Å². The van der Waals surface area contributed by atoms with E-state index in [4.69, 9.17) is 0 Å². The number of carboxylic acids is 1. The molecule has 0 saturated carbocycles. The van der Waals surface area contributed by atoms with Crippen LogP contribution in [-0.4, -0.2) is 42.4 Å². The molecule has 0 spiro atoms. The lowest BCUT2D eigenvalue weighted by Crippen LogP contribution is -2.15. The predicted octanol–water partition coefficient (Wildman–Crippen LogP) is 2.43. The fraction of sp³-hybridized carbons (Fsp3) is 0.118. The average Bonchev–Trinajstić information content (AvgIpc) is 3.28. The van der Waals surface area contributed by atoms with Crippen LogP contribution in [0.15, 0.2) is 46.8 Å². The summed E-state index contributed by atoms with van der Waals surface area (Å²) >= 11 is 0.966. The lowest BCUT2D eigenvalue weighted by atomic mass is 10.1. The molecule has 0 radical (unpaired) electrons. The van der Waals surface area contributed by atoms with Crippen molar-refractivity contribution < 1.29 is 27.9 Å². The van der Waals surface area contributed by atoms with Gasteiger partial charge in [-0.15, -0.1) is 11.3 Å². The number of nitrogens with one attached hydrogen (secondary N) is 1. The monoisotopic (exact) mass is 421 g/mol. The Morgan fingerprint density at radius 2 is 1.89 bits per heavy atom. The van der Waals surface area contributed by atoms with Crippen molar-refractivity contribution in [2.75, 3.05) is 11.8 Å². The summed E-state index contributed by atoms with van der Waals surface area (Å²) in [6, 6.07) is 7.40. The SMILES string of the molecule is COC(=O)c1sccc1S(=O)(=O)Nc1ccc(-c2nn(C)cc2C(=O)O)cc1. The zero-order valence-corrected chi connectivity index (χ0v) is 16.4. The van der Waals surface area contributed by atoms with Gasteiger partial charge in [-0.3, -0.25) is 9.40 Å². The summed E-state index contributed by atoms with van der Waals surface area (Å²) in [5.41, 5.74) is 1.08. The number of rotatable bonds is 6. The number of anilines is 1. The number of carbonyl (C=O) groups excluding carboxylic acids is 1. The van der Waals surface area contributed by atoms with Gasteiger partial charge in [-0.05, 0) is 23.6 Å². The number of aryl methyl sites for hydroxylation is 1. The Morgan fingerprint density at radius 1 is 1.21 bits per heavy atom. The molecule has 0 fully saturated rings. The van der Waals surface area contributed by atoms with Crippen LogP contribution in [0.4, 0.5) is 5.69 Å². The van der Waals surface area contributed by atoms with Crippen LogP contribution in [-0.2, 0) is 21.8 Å². The van der Waals surface area contributed by atoms with Crippen molar-refractivity contribution >= 4 is 39.0 Å². The molecule has 1 aromatic carbocycles. The molecule has 2 heterocycles. The van der Waals surface area contributed by atoms with E-state index in [2.05, 4.69) is 14.6 Å². The van der Waals surface area contributed by atoms with Crippen LogP contribution in [0.3, 0.4) is 0 Å². The number of hydrogen-bond acceptors (Lipinski definition) is 7. The third-order valence-electron chi connectivity index (χ3n) is 3.76. The molecule has 0 atom stereocenters. The molecule has 0 amide bonds. The van der Waals surface area contributed by atoms with E-state index in [-0.39, 0.29) is 26.7 Å². The number of aromatic carboxylic acids is 1. The van der Waals surface area contributed by atoms with Crippen molar-refractivity contribution in [3.8, 4) is 11.3 Å². The highest BCUT2D eigenvalue weighted by Crippen LogP contribution is 2.27. The molecule has 3 rings (SSSR count). The second kappa shape index (κ2) is 7.44. The second-order valence-electron chi connectivity index (χ2n) is 5.66. The van der Waals surface area contributed by atoms with Crippen molar-refractivity contribution in [3.63, 3.8) is 0 Å². The molecular formula is C17H15N3O6S2. The van der Waals surface area contributed by atoms with E-state index in [1.165, 1.54) is 41.6 Å². The zero-order valence-electron chi connectivity index (χ0n) is 14.7. The Morgan fingerprint density at radius 3 is 2.50 bits per heavy atom. The highest BCUT2D eigenvalue weighted by Gasteiger charge is 2.25. The maximum Gasteiger partial charge on any atom is 0.349 e. The number of methoxy groups -OCH3 is 1. The van der Waals surface area contributed by atoms with E-state index in [0.29, 0.717) is 5.56 Å². The number of carboxylic acid groups (broad SMARTS) is 1. The van der Waals surface area contributed by atoms with Crippen molar-refractivity contribution in [1.29, 1.82) is 0 Å².